The molecule has 1 aliphatic rings. The number of hydrogen-bond donors (Lipinski definition) is 1. The Hall–Kier alpha value is -3.65. The number of carbonyl (C=O) groups excluding carboxylic acids is 2. The number of ether oxygens (including phenoxy) is 1. The summed E-state index contributed by atoms with van der Waals surface area (Å²) >= 11 is 1.57. The number of benzene rings is 2. The molecule has 0 radical (unpaired) electrons. The number of para-hydroxylation sites is 3. The van der Waals surface area contributed by atoms with Crippen LogP contribution in [0.5, 0.6) is 5.75 Å². The Labute approximate surface area is 182 Å². The second-order valence-electron chi connectivity index (χ2n) is 7.08. The molecule has 3 heterocycles. The van der Waals surface area contributed by atoms with Crippen molar-refractivity contribution in [2.75, 3.05) is 18.1 Å². The van der Waals surface area contributed by atoms with Gasteiger partial charge < -0.3 is 19.4 Å². The summed E-state index contributed by atoms with van der Waals surface area (Å²) in [7, 11) is 0. The standard InChI is InChI=1S/C23H19N3O4S/c27-21(11-12-26-17-6-2-3-7-18(17)29-14-22(26)28)24-13-15-9-10-19(30-15)23-25-16-5-1-4-8-20(16)31-23/h1-10H,11-14H2,(H,24,27). The molecular weight excluding hydrogens is 414 g/mol. The minimum atomic E-state index is -0.158. The third kappa shape index (κ3) is 4.02. The number of anilines is 1. The van der Waals surface area contributed by atoms with Crippen LogP contribution in [0.25, 0.3) is 21.0 Å². The van der Waals surface area contributed by atoms with E-state index in [9.17, 15) is 9.59 Å². The van der Waals surface area contributed by atoms with Crippen LogP contribution in [-0.4, -0.2) is 29.9 Å². The Morgan fingerprint density at radius 1 is 1.10 bits per heavy atom. The van der Waals surface area contributed by atoms with Crippen molar-refractivity contribution < 1.29 is 18.7 Å². The average molecular weight is 433 g/mol. The zero-order valence-corrected chi connectivity index (χ0v) is 17.4. The van der Waals surface area contributed by atoms with E-state index in [2.05, 4.69) is 10.3 Å². The lowest BCUT2D eigenvalue weighted by Gasteiger charge is -2.29. The van der Waals surface area contributed by atoms with Crippen LogP contribution >= 0.6 is 11.3 Å². The Bertz CT molecular complexity index is 1230. The predicted molar refractivity (Wildman–Crippen MR) is 118 cm³/mol. The maximum Gasteiger partial charge on any atom is 0.265 e. The van der Waals surface area contributed by atoms with Gasteiger partial charge in [-0.3, -0.25) is 9.59 Å². The minimum Gasteiger partial charge on any atom is -0.482 e. The summed E-state index contributed by atoms with van der Waals surface area (Å²) in [5.74, 6) is 1.67. The molecule has 0 atom stereocenters. The van der Waals surface area contributed by atoms with Crippen molar-refractivity contribution in [3.8, 4) is 16.5 Å². The Morgan fingerprint density at radius 2 is 1.94 bits per heavy atom. The first-order chi connectivity index (χ1) is 15.2. The van der Waals surface area contributed by atoms with Crippen LogP contribution in [0.3, 0.4) is 0 Å². The highest BCUT2D eigenvalue weighted by molar-refractivity contribution is 7.21. The van der Waals surface area contributed by atoms with Crippen LogP contribution < -0.4 is 15.0 Å². The third-order valence-electron chi connectivity index (χ3n) is 5.00. The molecule has 31 heavy (non-hydrogen) atoms. The summed E-state index contributed by atoms with van der Waals surface area (Å²) in [6.45, 7) is 0.553. The molecule has 0 bridgehead atoms. The smallest absolute Gasteiger partial charge is 0.265 e. The summed E-state index contributed by atoms with van der Waals surface area (Å²) in [5.41, 5.74) is 1.63. The number of nitrogens with one attached hydrogen (secondary N) is 1. The first-order valence-electron chi connectivity index (χ1n) is 9.91. The van der Waals surface area contributed by atoms with E-state index in [1.807, 2.05) is 60.7 Å². The summed E-state index contributed by atoms with van der Waals surface area (Å²) in [6.07, 6.45) is 0.186. The van der Waals surface area contributed by atoms with Crippen molar-refractivity contribution in [3.63, 3.8) is 0 Å². The van der Waals surface area contributed by atoms with Crippen LogP contribution in [0.1, 0.15) is 12.2 Å². The number of nitrogens with zero attached hydrogens (tertiary/aromatic N) is 2. The van der Waals surface area contributed by atoms with Gasteiger partial charge in [-0.1, -0.05) is 24.3 Å². The molecule has 4 aromatic rings. The maximum atomic E-state index is 12.3. The predicted octanol–water partition coefficient (Wildman–Crippen LogP) is 3.99. The molecule has 0 fully saturated rings. The monoisotopic (exact) mass is 433 g/mol. The molecule has 1 N–H and O–H groups in total. The van der Waals surface area contributed by atoms with E-state index in [1.54, 1.807) is 16.2 Å². The molecule has 0 unspecified atom stereocenters. The van der Waals surface area contributed by atoms with Gasteiger partial charge in [0.25, 0.3) is 5.91 Å². The molecule has 8 heteroatoms. The quantitative estimate of drug-likeness (QED) is 0.497. The SMILES string of the molecule is O=C(CCN1C(=O)COc2ccccc21)NCc1ccc(-c2nc3ccccc3s2)o1. The van der Waals surface area contributed by atoms with Crippen molar-refractivity contribution in [2.45, 2.75) is 13.0 Å². The molecular formula is C23H19N3O4S. The zero-order valence-electron chi connectivity index (χ0n) is 16.5. The summed E-state index contributed by atoms with van der Waals surface area (Å²) in [6, 6.07) is 19.0. The highest BCUT2D eigenvalue weighted by atomic mass is 32.1. The van der Waals surface area contributed by atoms with E-state index in [4.69, 9.17) is 9.15 Å². The van der Waals surface area contributed by atoms with Crippen LogP contribution in [0.2, 0.25) is 0 Å². The number of rotatable bonds is 6. The molecule has 2 amide bonds. The van der Waals surface area contributed by atoms with Crippen molar-refractivity contribution in [1.82, 2.24) is 10.3 Å². The lowest BCUT2D eigenvalue weighted by atomic mass is 10.2. The van der Waals surface area contributed by atoms with Gasteiger partial charge in [-0.15, -0.1) is 11.3 Å². The van der Waals surface area contributed by atoms with Gasteiger partial charge in [0.15, 0.2) is 17.4 Å². The largest absolute Gasteiger partial charge is 0.482 e. The van der Waals surface area contributed by atoms with Crippen LogP contribution in [0.4, 0.5) is 5.69 Å². The highest BCUT2D eigenvalue weighted by Crippen LogP contribution is 2.32. The van der Waals surface area contributed by atoms with E-state index >= 15 is 0 Å². The number of aromatic nitrogens is 1. The second kappa shape index (κ2) is 8.23. The van der Waals surface area contributed by atoms with Crippen LogP contribution in [-0.2, 0) is 16.1 Å². The van der Waals surface area contributed by atoms with E-state index in [1.165, 1.54) is 0 Å². The van der Waals surface area contributed by atoms with Crippen LogP contribution in [0, 0.1) is 0 Å². The fourth-order valence-electron chi connectivity index (χ4n) is 3.45. The molecule has 7 nitrogen and oxygen atoms in total. The average Bonchev–Trinajstić information content (AvgIpc) is 3.44. The number of carbonyl (C=O) groups is 2. The van der Waals surface area contributed by atoms with E-state index in [0.717, 1.165) is 15.2 Å². The Morgan fingerprint density at radius 3 is 2.84 bits per heavy atom. The molecule has 0 aliphatic carbocycles. The minimum absolute atomic E-state index is 0.0143. The van der Waals surface area contributed by atoms with Gasteiger partial charge >= 0.3 is 0 Å². The van der Waals surface area contributed by atoms with Crippen molar-refractivity contribution in [3.05, 3.63) is 66.4 Å². The van der Waals surface area contributed by atoms with Crippen molar-refractivity contribution >= 4 is 39.1 Å². The first-order valence-corrected chi connectivity index (χ1v) is 10.7. The summed E-state index contributed by atoms with van der Waals surface area (Å²) in [5, 5.41) is 3.66. The molecule has 2 aromatic heterocycles. The zero-order chi connectivity index (χ0) is 21.2. The summed E-state index contributed by atoms with van der Waals surface area (Å²) in [4.78, 5) is 30.7. The van der Waals surface area contributed by atoms with E-state index < -0.39 is 0 Å². The number of hydrogen-bond acceptors (Lipinski definition) is 6. The molecule has 1 aliphatic heterocycles. The molecule has 0 saturated carbocycles. The second-order valence-corrected chi connectivity index (χ2v) is 8.11. The highest BCUT2D eigenvalue weighted by Gasteiger charge is 2.25. The van der Waals surface area contributed by atoms with Gasteiger partial charge in [0.05, 0.1) is 22.4 Å². The normalized spacial score (nSPS) is 13.2. The lowest BCUT2D eigenvalue weighted by Crippen LogP contribution is -2.41. The molecule has 5 rings (SSSR count). The molecule has 156 valence electrons. The van der Waals surface area contributed by atoms with Gasteiger partial charge in [0, 0.05) is 13.0 Å². The van der Waals surface area contributed by atoms with Gasteiger partial charge in [-0.05, 0) is 36.4 Å². The number of fused-ring (bicyclic) bond motifs is 2. The topological polar surface area (TPSA) is 84.7 Å². The maximum absolute atomic E-state index is 12.3. The van der Waals surface area contributed by atoms with Gasteiger partial charge in [-0.2, -0.15) is 0 Å². The molecule has 0 spiro atoms. The van der Waals surface area contributed by atoms with E-state index in [-0.39, 0.29) is 31.4 Å². The van der Waals surface area contributed by atoms with Crippen LogP contribution in [0.15, 0.2) is 65.1 Å². The van der Waals surface area contributed by atoms with Gasteiger partial charge in [-0.25, -0.2) is 4.98 Å². The number of furan rings is 1. The lowest BCUT2D eigenvalue weighted by molar-refractivity contribution is -0.122. The van der Waals surface area contributed by atoms with Gasteiger partial charge in [0.1, 0.15) is 11.5 Å². The van der Waals surface area contributed by atoms with E-state index in [0.29, 0.717) is 29.5 Å². The fraction of sp³-hybridized carbons (Fsp3) is 0.174. The molecule has 2 aromatic carbocycles. The Kier molecular flexibility index (Phi) is 5.13. The number of thiazole rings is 1. The number of amides is 2. The first kappa shape index (κ1) is 19.3. The van der Waals surface area contributed by atoms with Crippen molar-refractivity contribution in [1.29, 1.82) is 0 Å². The summed E-state index contributed by atoms with van der Waals surface area (Å²) < 4.78 is 12.4. The van der Waals surface area contributed by atoms with Crippen molar-refractivity contribution in [2.24, 2.45) is 0 Å². The van der Waals surface area contributed by atoms with Gasteiger partial charge in [0.2, 0.25) is 5.91 Å². The third-order valence-corrected chi connectivity index (χ3v) is 6.05. The Balaban J connectivity index is 1.18. The fourth-order valence-corrected chi connectivity index (χ4v) is 4.38. The molecule has 0 saturated heterocycles.